The molecule has 2 amide bonds. The van der Waals surface area contributed by atoms with Gasteiger partial charge in [0, 0.05) is 55.2 Å². The first kappa shape index (κ1) is 22.2. The van der Waals surface area contributed by atoms with Crippen LogP contribution in [0.3, 0.4) is 0 Å². The Hall–Kier alpha value is -3.00. The van der Waals surface area contributed by atoms with Crippen LogP contribution in [0.1, 0.15) is 40.9 Å². The number of primary amides is 1. The number of hydrogen-bond acceptors (Lipinski definition) is 6. The van der Waals surface area contributed by atoms with Crippen molar-refractivity contribution in [3.8, 4) is 0 Å². The average Bonchev–Trinajstić information content (AvgIpc) is 3.25. The molecule has 1 saturated carbocycles. The second-order valence-corrected chi connectivity index (χ2v) is 9.03. The Morgan fingerprint density at radius 1 is 1.12 bits per heavy atom. The molecule has 1 aliphatic heterocycles. The Bertz CT molecular complexity index is 969. The predicted molar refractivity (Wildman–Crippen MR) is 124 cm³/mol. The number of rotatable bonds is 6. The molecule has 3 N–H and O–H groups in total. The van der Waals surface area contributed by atoms with Crippen LogP contribution in [0.5, 0.6) is 0 Å². The lowest BCUT2D eigenvalue weighted by Gasteiger charge is -2.32. The van der Waals surface area contributed by atoms with Gasteiger partial charge in [0.2, 0.25) is 11.9 Å². The highest BCUT2D eigenvalue weighted by molar-refractivity contribution is 5.94. The minimum Gasteiger partial charge on any atom is -0.369 e. The summed E-state index contributed by atoms with van der Waals surface area (Å²) >= 11 is 0. The SMILES string of the molecule is Cc1cnc(Nc2ccc(C(=O)N3CCN(C)CC3)cc2)nc1C[C@@H]1CCC[C@@H]1C(N)=O. The highest BCUT2D eigenvalue weighted by atomic mass is 16.2. The van der Waals surface area contributed by atoms with Crippen LogP contribution in [0.4, 0.5) is 11.6 Å². The molecule has 0 bridgehead atoms. The van der Waals surface area contributed by atoms with Gasteiger partial charge in [0.25, 0.3) is 5.91 Å². The number of aryl methyl sites for hydroxylation is 1. The number of carbonyl (C=O) groups excluding carboxylic acids is 2. The molecule has 0 radical (unpaired) electrons. The summed E-state index contributed by atoms with van der Waals surface area (Å²) in [6, 6.07) is 7.45. The van der Waals surface area contributed by atoms with Gasteiger partial charge in [-0.05, 0) is 69.0 Å². The molecule has 8 nitrogen and oxygen atoms in total. The molecule has 0 spiro atoms. The highest BCUT2D eigenvalue weighted by Crippen LogP contribution is 2.34. The molecule has 2 heterocycles. The van der Waals surface area contributed by atoms with Crippen LogP contribution >= 0.6 is 0 Å². The molecule has 1 aromatic carbocycles. The normalized spacial score (nSPS) is 21.5. The van der Waals surface area contributed by atoms with Gasteiger partial charge in [-0.15, -0.1) is 0 Å². The van der Waals surface area contributed by atoms with Crippen LogP contribution in [0.15, 0.2) is 30.5 Å². The number of piperazine rings is 1. The van der Waals surface area contributed by atoms with Crippen molar-refractivity contribution in [3.63, 3.8) is 0 Å². The zero-order chi connectivity index (χ0) is 22.7. The maximum absolute atomic E-state index is 12.7. The van der Waals surface area contributed by atoms with Crippen molar-refractivity contribution in [2.24, 2.45) is 17.6 Å². The largest absolute Gasteiger partial charge is 0.369 e. The van der Waals surface area contributed by atoms with Crippen LogP contribution in [-0.4, -0.2) is 64.8 Å². The van der Waals surface area contributed by atoms with Gasteiger partial charge >= 0.3 is 0 Å². The summed E-state index contributed by atoms with van der Waals surface area (Å²) in [6.45, 7) is 5.31. The first-order chi connectivity index (χ1) is 15.4. The van der Waals surface area contributed by atoms with Crippen LogP contribution in [0.2, 0.25) is 0 Å². The van der Waals surface area contributed by atoms with Crippen molar-refractivity contribution < 1.29 is 9.59 Å². The number of hydrogen-bond donors (Lipinski definition) is 2. The number of amides is 2. The zero-order valence-corrected chi connectivity index (χ0v) is 18.9. The van der Waals surface area contributed by atoms with E-state index in [9.17, 15) is 9.59 Å². The lowest BCUT2D eigenvalue weighted by atomic mass is 9.90. The first-order valence-corrected chi connectivity index (χ1v) is 11.4. The van der Waals surface area contributed by atoms with E-state index >= 15 is 0 Å². The highest BCUT2D eigenvalue weighted by Gasteiger charge is 2.32. The van der Waals surface area contributed by atoms with E-state index in [1.807, 2.05) is 42.3 Å². The summed E-state index contributed by atoms with van der Waals surface area (Å²) in [4.78, 5) is 37.7. The smallest absolute Gasteiger partial charge is 0.253 e. The number of benzene rings is 1. The fourth-order valence-electron chi connectivity index (χ4n) is 4.67. The molecule has 4 rings (SSSR count). The van der Waals surface area contributed by atoms with Crippen molar-refractivity contribution in [2.75, 3.05) is 38.5 Å². The monoisotopic (exact) mass is 436 g/mol. The molecule has 1 saturated heterocycles. The van der Waals surface area contributed by atoms with Gasteiger partial charge in [-0.2, -0.15) is 0 Å². The Kier molecular flexibility index (Phi) is 6.69. The molecule has 2 aromatic rings. The number of aromatic nitrogens is 2. The number of nitrogens with one attached hydrogen (secondary N) is 1. The quantitative estimate of drug-likeness (QED) is 0.720. The summed E-state index contributed by atoms with van der Waals surface area (Å²) in [7, 11) is 2.07. The third kappa shape index (κ3) is 5.07. The van der Waals surface area contributed by atoms with Crippen molar-refractivity contribution in [3.05, 3.63) is 47.3 Å². The maximum Gasteiger partial charge on any atom is 0.253 e. The molecule has 2 aliphatic rings. The molecule has 1 aromatic heterocycles. The zero-order valence-electron chi connectivity index (χ0n) is 18.9. The maximum atomic E-state index is 12.7. The van der Waals surface area contributed by atoms with E-state index in [1.54, 1.807) is 0 Å². The lowest BCUT2D eigenvalue weighted by Crippen LogP contribution is -2.47. The summed E-state index contributed by atoms with van der Waals surface area (Å²) in [5, 5.41) is 3.24. The fraction of sp³-hybridized carbons (Fsp3) is 0.500. The summed E-state index contributed by atoms with van der Waals surface area (Å²) < 4.78 is 0. The van der Waals surface area contributed by atoms with E-state index in [4.69, 9.17) is 10.7 Å². The molecule has 170 valence electrons. The van der Waals surface area contributed by atoms with Gasteiger partial charge in [0.05, 0.1) is 0 Å². The van der Waals surface area contributed by atoms with Crippen LogP contribution in [0, 0.1) is 18.8 Å². The average molecular weight is 437 g/mol. The van der Waals surface area contributed by atoms with Crippen molar-refractivity contribution >= 4 is 23.5 Å². The fourth-order valence-corrected chi connectivity index (χ4v) is 4.67. The summed E-state index contributed by atoms with van der Waals surface area (Å²) in [5.41, 5.74) is 9.05. The van der Waals surface area contributed by atoms with E-state index in [2.05, 4.69) is 22.2 Å². The Balaban J connectivity index is 1.41. The molecule has 0 unspecified atom stereocenters. The third-order valence-electron chi connectivity index (χ3n) is 6.74. The number of carbonyl (C=O) groups is 2. The van der Waals surface area contributed by atoms with Gasteiger partial charge in [0.15, 0.2) is 0 Å². The van der Waals surface area contributed by atoms with Gasteiger partial charge in [0.1, 0.15) is 0 Å². The van der Waals surface area contributed by atoms with E-state index in [0.29, 0.717) is 11.5 Å². The van der Waals surface area contributed by atoms with Gasteiger partial charge in [-0.25, -0.2) is 9.97 Å². The second kappa shape index (κ2) is 9.65. The van der Waals surface area contributed by atoms with Crippen molar-refractivity contribution in [1.29, 1.82) is 0 Å². The Morgan fingerprint density at radius 2 is 1.84 bits per heavy atom. The van der Waals surface area contributed by atoms with E-state index < -0.39 is 0 Å². The molecule has 2 fully saturated rings. The Morgan fingerprint density at radius 3 is 2.53 bits per heavy atom. The topological polar surface area (TPSA) is 104 Å². The molecule has 2 atom stereocenters. The van der Waals surface area contributed by atoms with Crippen molar-refractivity contribution in [2.45, 2.75) is 32.6 Å². The number of nitrogens with two attached hydrogens (primary N) is 1. The van der Waals surface area contributed by atoms with Crippen molar-refractivity contribution in [1.82, 2.24) is 19.8 Å². The minimum atomic E-state index is -0.205. The van der Waals surface area contributed by atoms with Crippen LogP contribution < -0.4 is 11.1 Å². The number of anilines is 2. The van der Waals surface area contributed by atoms with Crippen LogP contribution in [0.25, 0.3) is 0 Å². The van der Waals surface area contributed by atoms with Gasteiger partial charge in [-0.1, -0.05) is 6.42 Å². The standard InChI is InChI=1S/C24H32N6O2/c1-16-15-26-24(28-21(16)14-18-4-3-5-20(18)22(25)31)27-19-8-6-17(7-9-19)23(32)30-12-10-29(2)11-13-30/h6-9,15,18,20H,3-5,10-14H2,1-2H3,(H2,25,31)(H,26,27,28)/t18-,20-/m0/s1. The molecule has 8 heteroatoms. The minimum absolute atomic E-state index is 0.0637. The van der Waals surface area contributed by atoms with E-state index in [1.165, 1.54) is 0 Å². The van der Waals surface area contributed by atoms with Gasteiger partial charge < -0.3 is 20.9 Å². The van der Waals surface area contributed by atoms with E-state index in [0.717, 1.165) is 68.8 Å². The molecular formula is C24H32N6O2. The molecular weight excluding hydrogens is 404 g/mol. The second-order valence-electron chi connectivity index (χ2n) is 9.03. The Labute approximate surface area is 189 Å². The lowest BCUT2D eigenvalue weighted by molar-refractivity contribution is -0.122. The number of nitrogens with zero attached hydrogens (tertiary/aromatic N) is 4. The molecule has 1 aliphatic carbocycles. The van der Waals surface area contributed by atoms with E-state index in [-0.39, 0.29) is 23.7 Å². The molecule has 32 heavy (non-hydrogen) atoms. The summed E-state index contributed by atoms with van der Waals surface area (Å²) in [5.74, 6) is 0.556. The first-order valence-electron chi connectivity index (χ1n) is 11.4. The predicted octanol–water partition coefficient (Wildman–Crippen LogP) is 2.36. The number of likely N-dealkylation sites (N-methyl/N-ethyl adjacent to an activating group) is 1. The summed E-state index contributed by atoms with van der Waals surface area (Å²) in [6.07, 6.45) is 5.45. The van der Waals surface area contributed by atoms with Gasteiger partial charge in [-0.3, -0.25) is 9.59 Å². The third-order valence-corrected chi connectivity index (χ3v) is 6.74. The van der Waals surface area contributed by atoms with Crippen LogP contribution in [-0.2, 0) is 11.2 Å².